The summed E-state index contributed by atoms with van der Waals surface area (Å²) in [5.41, 5.74) is 0. The molecule has 1 rings (SSSR count). The van der Waals surface area contributed by atoms with Crippen LogP contribution in [-0.4, -0.2) is 29.9 Å². The Bertz CT molecular complexity index is 390. The van der Waals surface area contributed by atoms with Crippen molar-refractivity contribution < 1.29 is 4.79 Å². The Hall–Kier alpha value is -0.580. The fourth-order valence-electron chi connectivity index (χ4n) is 1.90. The van der Waals surface area contributed by atoms with Crippen LogP contribution in [-0.2, 0) is 4.79 Å². The quantitative estimate of drug-likeness (QED) is 0.871. The molecule has 0 saturated carbocycles. The molecule has 0 spiro atoms. The normalized spacial score (nSPS) is 14.3. The summed E-state index contributed by atoms with van der Waals surface area (Å²) in [6, 6.07) is 3.84. The lowest BCUT2D eigenvalue weighted by atomic mass is 10.2. The van der Waals surface area contributed by atoms with E-state index in [1.807, 2.05) is 44.7 Å². The van der Waals surface area contributed by atoms with Gasteiger partial charge in [-0.3, -0.25) is 10.1 Å². The summed E-state index contributed by atoms with van der Waals surface area (Å²) in [5, 5.41) is 3.32. The SMILES string of the molecule is CCN(CC)C(=O)C(C)NC(C)c1ccc(Cl)s1. The van der Waals surface area contributed by atoms with E-state index >= 15 is 0 Å². The number of amides is 1. The molecule has 3 nitrogen and oxygen atoms in total. The second kappa shape index (κ2) is 7.12. The lowest BCUT2D eigenvalue weighted by molar-refractivity contribution is -0.132. The number of nitrogens with zero attached hydrogens (tertiary/aromatic N) is 1. The third-order valence-corrected chi connectivity index (χ3v) is 4.38. The Balaban J connectivity index is 2.58. The molecule has 1 aromatic heterocycles. The maximum Gasteiger partial charge on any atom is 0.239 e. The van der Waals surface area contributed by atoms with Gasteiger partial charge >= 0.3 is 0 Å². The first kappa shape index (κ1) is 15.5. The Morgan fingerprint density at radius 1 is 1.39 bits per heavy atom. The lowest BCUT2D eigenvalue weighted by Crippen LogP contribution is -2.45. The molecule has 2 atom stereocenters. The molecule has 0 aliphatic rings. The number of hydrogen-bond acceptors (Lipinski definition) is 3. The number of carbonyl (C=O) groups excluding carboxylic acids is 1. The number of rotatable bonds is 6. The van der Waals surface area contributed by atoms with Crippen LogP contribution in [0.2, 0.25) is 4.34 Å². The van der Waals surface area contributed by atoms with Crippen LogP contribution in [0.1, 0.15) is 38.6 Å². The third kappa shape index (κ3) is 3.97. The highest BCUT2D eigenvalue weighted by Crippen LogP contribution is 2.26. The zero-order valence-corrected chi connectivity index (χ0v) is 12.9. The van der Waals surface area contributed by atoms with Crippen LogP contribution in [0.4, 0.5) is 0 Å². The molecule has 0 aliphatic heterocycles. The standard InChI is InChI=1S/C13H21ClN2OS/c1-5-16(6-2)13(17)10(4)15-9(3)11-7-8-12(14)18-11/h7-10,15H,5-6H2,1-4H3. The first-order chi connectivity index (χ1) is 8.49. The van der Waals surface area contributed by atoms with Crippen molar-refractivity contribution in [2.75, 3.05) is 13.1 Å². The van der Waals surface area contributed by atoms with Gasteiger partial charge in [0.1, 0.15) is 0 Å². The van der Waals surface area contributed by atoms with E-state index in [0.717, 1.165) is 22.3 Å². The van der Waals surface area contributed by atoms with Crippen LogP contribution in [0.15, 0.2) is 12.1 Å². The smallest absolute Gasteiger partial charge is 0.239 e. The molecule has 1 aromatic rings. The summed E-state index contributed by atoms with van der Waals surface area (Å²) in [7, 11) is 0. The van der Waals surface area contributed by atoms with Gasteiger partial charge in [-0.1, -0.05) is 11.6 Å². The molecule has 0 radical (unpaired) electrons. The van der Waals surface area contributed by atoms with Crippen LogP contribution < -0.4 is 5.32 Å². The average molecular weight is 289 g/mol. The number of hydrogen-bond donors (Lipinski definition) is 1. The molecule has 18 heavy (non-hydrogen) atoms. The van der Waals surface area contributed by atoms with Crippen LogP contribution in [0.3, 0.4) is 0 Å². The lowest BCUT2D eigenvalue weighted by Gasteiger charge is -2.25. The van der Waals surface area contributed by atoms with Gasteiger partial charge in [0.15, 0.2) is 0 Å². The van der Waals surface area contributed by atoms with Crippen LogP contribution >= 0.6 is 22.9 Å². The zero-order valence-electron chi connectivity index (χ0n) is 11.4. The second-order valence-corrected chi connectivity index (χ2v) is 6.01. The van der Waals surface area contributed by atoms with Gasteiger partial charge in [-0.05, 0) is 39.8 Å². The van der Waals surface area contributed by atoms with Gasteiger partial charge in [0.05, 0.1) is 10.4 Å². The van der Waals surface area contributed by atoms with Crippen molar-refractivity contribution in [2.24, 2.45) is 0 Å². The average Bonchev–Trinajstić information content (AvgIpc) is 2.77. The molecular formula is C13H21ClN2OS. The maximum atomic E-state index is 12.1. The van der Waals surface area contributed by atoms with Crippen molar-refractivity contribution >= 4 is 28.8 Å². The van der Waals surface area contributed by atoms with Crippen LogP contribution in [0.5, 0.6) is 0 Å². The Kier molecular flexibility index (Phi) is 6.12. The largest absolute Gasteiger partial charge is 0.342 e. The molecule has 0 fully saturated rings. The van der Waals surface area contributed by atoms with Crippen molar-refractivity contribution in [3.05, 3.63) is 21.3 Å². The van der Waals surface area contributed by atoms with E-state index < -0.39 is 0 Å². The van der Waals surface area contributed by atoms with E-state index in [1.54, 1.807) is 11.3 Å². The minimum Gasteiger partial charge on any atom is -0.342 e. The predicted molar refractivity (Wildman–Crippen MR) is 78.3 cm³/mol. The molecule has 102 valence electrons. The van der Waals surface area contributed by atoms with Gasteiger partial charge < -0.3 is 4.90 Å². The molecule has 0 aliphatic carbocycles. The highest BCUT2D eigenvalue weighted by Gasteiger charge is 2.20. The van der Waals surface area contributed by atoms with Gasteiger partial charge in [0.25, 0.3) is 0 Å². The van der Waals surface area contributed by atoms with E-state index in [2.05, 4.69) is 5.32 Å². The van der Waals surface area contributed by atoms with Gasteiger partial charge in [-0.15, -0.1) is 11.3 Å². The van der Waals surface area contributed by atoms with E-state index in [4.69, 9.17) is 11.6 Å². The summed E-state index contributed by atoms with van der Waals surface area (Å²) in [6.07, 6.45) is 0. The Labute approximate surface area is 118 Å². The summed E-state index contributed by atoms with van der Waals surface area (Å²) >= 11 is 7.46. The molecular weight excluding hydrogens is 268 g/mol. The molecule has 1 N–H and O–H groups in total. The summed E-state index contributed by atoms with van der Waals surface area (Å²) in [4.78, 5) is 15.1. The number of carbonyl (C=O) groups is 1. The zero-order chi connectivity index (χ0) is 13.7. The third-order valence-electron chi connectivity index (χ3n) is 2.97. The van der Waals surface area contributed by atoms with Gasteiger partial charge in [0, 0.05) is 24.0 Å². The highest BCUT2D eigenvalue weighted by atomic mass is 35.5. The van der Waals surface area contributed by atoms with Crippen molar-refractivity contribution in [2.45, 2.75) is 39.8 Å². The minimum atomic E-state index is -0.180. The summed E-state index contributed by atoms with van der Waals surface area (Å²) in [6.45, 7) is 9.45. The van der Waals surface area contributed by atoms with E-state index in [9.17, 15) is 4.79 Å². The second-order valence-electron chi connectivity index (χ2n) is 4.26. The Morgan fingerprint density at radius 3 is 2.44 bits per heavy atom. The molecule has 0 bridgehead atoms. The molecule has 0 aromatic carbocycles. The topological polar surface area (TPSA) is 32.3 Å². The number of thiophene rings is 1. The summed E-state index contributed by atoms with van der Waals surface area (Å²) in [5.74, 6) is 0.148. The molecule has 2 unspecified atom stereocenters. The molecule has 1 amide bonds. The first-order valence-corrected chi connectivity index (χ1v) is 7.49. The minimum absolute atomic E-state index is 0.136. The van der Waals surface area contributed by atoms with Crippen molar-refractivity contribution in [3.8, 4) is 0 Å². The molecule has 5 heteroatoms. The number of halogens is 1. The van der Waals surface area contributed by atoms with Gasteiger partial charge in [-0.25, -0.2) is 0 Å². The van der Waals surface area contributed by atoms with Gasteiger partial charge in [0.2, 0.25) is 5.91 Å². The van der Waals surface area contributed by atoms with Crippen molar-refractivity contribution in [1.82, 2.24) is 10.2 Å². The maximum absolute atomic E-state index is 12.1. The molecule has 0 saturated heterocycles. The van der Waals surface area contributed by atoms with E-state index in [0.29, 0.717) is 0 Å². The fourth-order valence-corrected chi connectivity index (χ4v) is 2.97. The first-order valence-electron chi connectivity index (χ1n) is 6.29. The van der Waals surface area contributed by atoms with Crippen molar-refractivity contribution in [3.63, 3.8) is 0 Å². The van der Waals surface area contributed by atoms with Crippen LogP contribution in [0, 0.1) is 0 Å². The Morgan fingerprint density at radius 2 is 2.00 bits per heavy atom. The highest BCUT2D eigenvalue weighted by molar-refractivity contribution is 7.16. The summed E-state index contributed by atoms with van der Waals surface area (Å²) < 4.78 is 0.779. The van der Waals surface area contributed by atoms with Crippen molar-refractivity contribution in [1.29, 1.82) is 0 Å². The number of nitrogens with one attached hydrogen (secondary N) is 1. The monoisotopic (exact) mass is 288 g/mol. The fraction of sp³-hybridized carbons (Fsp3) is 0.615. The number of likely N-dealkylation sites (N-methyl/N-ethyl adjacent to an activating group) is 1. The van der Waals surface area contributed by atoms with Gasteiger partial charge in [-0.2, -0.15) is 0 Å². The predicted octanol–water partition coefficient (Wildman–Crippen LogP) is 3.31. The van der Waals surface area contributed by atoms with E-state index in [1.165, 1.54) is 0 Å². The van der Waals surface area contributed by atoms with E-state index in [-0.39, 0.29) is 18.0 Å². The molecule has 1 heterocycles. The van der Waals surface area contributed by atoms with Crippen LogP contribution in [0.25, 0.3) is 0 Å².